The maximum atomic E-state index is 11.6. The van der Waals surface area contributed by atoms with E-state index in [1.807, 2.05) is 0 Å². The summed E-state index contributed by atoms with van der Waals surface area (Å²) in [5.41, 5.74) is 0. The van der Waals surface area contributed by atoms with Crippen LogP contribution >= 0.6 is 0 Å². The van der Waals surface area contributed by atoms with Crippen LogP contribution in [-0.2, 0) is 45.4 Å². The van der Waals surface area contributed by atoms with Gasteiger partial charge in [0, 0.05) is 52.4 Å². The van der Waals surface area contributed by atoms with E-state index in [1.165, 1.54) is 0 Å². The van der Waals surface area contributed by atoms with E-state index in [9.17, 15) is 39.6 Å². The Hall–Kier alpha value is -1.40. The molecule has 1 rings (SSSR count). The molecule has 4 N–H and O–H groups in total. The SMILES string of the molecule is C[C@H](C(=O)O)N1CCN([C@@H](C)C(=O)O)CCN([C@H](C)C(=O)O)CCN([C@@H](C)C(=O)O)CC1.[Zr+4]. The Bertz CT molecular complexity index is 554. The fourth-order valence-electron chi connectivity index (χ4n) is 3.65. The van der Waals surface area contributed by atoms with E-state index >= 15 is 0 Å². The van der Waals surface area contributed by atoms with Crippen LogP contribution < -0.4 is 0 Å². The van der Waals surface area contributed by atoms with Crippen molar-refractivity contribution in [2.45, 2.75) is 51.9 Å². The van der Waals surface area contributed by atoms with Crippen LogP contribution in [0.15, 0.2) is 0 Å². The third kappa shape index (κ3) is 9.78. The molecular formula is C20H36N4O8Zr+4. The topological polar surface area (TPSA) is 162 Å². The Morgan fingerprint density at radius 2 is 0.576 bits per heavy atom. The van der Waals surface area contributed by atoms with Gasteiger partial charge in [-0.05, 0) is 27.7 Å². The summed E-state index contributed by atoms with van der Waals surface area (Å²) in [6.45, 7) is 8.35. The molecule has 1 fully saturated rings. The van der Waals surface area contributed by atoms with Crippen molar-refractivity contribution in [3.05, 3.63) is 0 Å². The minimum atomic E-state index is -1.02. The average molecular weight is 552 g/mol. The summed E-state index contributed by atoms with van der Waals surface area (Å²) in [6.07, 6.45) is 0. The molecule has 0 aliphatic carbocycles. The van der Waals surface area contributed by atoms with Crippen molar-refractivity contribution in [2.24, 2.45) is 0 Å². The zero-order valence-electron chi connectivity index (χ0n) is 19.7. The standard InChI is InChI=1S/C20H36N4O8.Zr/c1-13(17(25)26)21-5-7-22(14(2)18(27)28)9-11-24(16(4)20(31)32)12-10-23(8-6-21)15(3)19(29)30;/h13-16H,5-12H2,1-4H3,(H,25,26)(H,27,28)(H,29,30)(H,31,32);/q;+4/t13-,14+,15+,16-;. The second kappa shape index (κ2) is 14.8. The zero-order chi connectivity index (χ0) is 24.6. The Balaban J connectivity index is 0.0000102. The molecule has 1 heterocycles. The molecule has 0 saturated carbocycles. The quantitative estimate of drug-likeness (QED) is 0.294. The number of carbonyl (C=O) groups is 4. The molecule has 12 nitrogen and oxygen atoms in total. The molecule has 1 aliphatic heterocycles. The third-order valence-electron chi connectivity index (χ3n) is 6.32. The molecule has 0 aromatic rings. The number of nitrogens with zero attached hydrogens (tertiary/aromatic N) is 4. The molecule has 0 radical (unpaired) electrons. The van der Waals surface area contributed by atoms with Crippen molar-refractivity contribution in [1.29, 1.82) is 0 Å². The fourth-order valence-corrected chi connectivity index (χ4v) is 3.65. The van der Waals surface area contributed by atoms with E-state index < -0.39 is 48.0 Å². The predicted octanol–water partition coefficient (Wildman–Crippen LogP) is -0.902. The molecule has 1 saturated heterocycles. The Labute approximate surface area is 213 Å². The van der Waals surface area contributed by atoms with Crippen LogP contribution in [0.25, 0.3) is 0 Å². The van der Waals surface area contributed by atoms with Crippen molar-refractivity contribution < 1.29 is 65.8 Å². The largest absolute Gasteiger partial charge is 4.00 e. The van der Waals surface area contributed by atoms with Gasteiger partial charge in [-0.1, -0.05) is 0 Å². The molecule has 4 atom stereocenters. The van der Waals surface area contributed by atoms with Crippen LogP contribution in [0.3, 0.4) is 0 Å². The number of carboxylic acid groups (broad SMARTS) is 4. The molecule has 0 amide bonds. The number of carboxylic acids is 4. The van der Waals surface area contributed by atoms with Gasteiger partial charge in [0.1, 0.15) is 24.2 Å². The molecule has 0 spiro atoms. The Kier molecular flexibility index (Phi) is 14.2. The van der Waals surface area contributed by atoms with Gasteiger partial charge in [0.2, 0.25) is 0 Å². The van der Waals surface area contributed by atoms with Gasteiger partial charge in [-0.15, -0.1) is 0 Å². The van der Waals surface area contributed by atoms with Crippen molar-refractivity contribution in [3.8, 4) is 0 Å². The Morgan fingerprint density at radius 3 is 0.667 bits per heavy atom. The van der Waals surface area contributed by atoms with Gasteiger partial charge in [-0.2, -0.15) is 0 Å². The molecule has 0 unspecified atom stereocenters. The van der Waals surface area contributed by atoms with E-state index in [2.05, 4.69) is 0 Å². The third-order valence-corrected chi connectivity index (χ3v) is 6.32. The van der Waals surface area contributed by atoms with Gasteiger partial charge in [0.15, 0.2) is 0 Å². The smallest absolute Gasteiger partial charge is 0.480 e. The first-order chi connectivity index (χ1) is 14.9. The fraction of sp³-hybridized carbons (Fsp3) is 0.800. The number of aliphatic carboxylic acids is 4. The van der Waals surface area contributed by atoms with Gasteiger partial charge in [0.25, 0.3) is 0 Å². The summed E-state index contributed by atoms with van der Waals surface area (Å²) >= 11 is 0. The summed E-state index contributed by atoms with van der Waals surface area (Å²) in [4.78, 5) is 53.1. The number of hydrogen-bond donors (Lipinski definition) is 4. The molecule has 33 heavy (non-hydrogen) atoms. The van der Waals surface area contributed by atoms with Crippen molar-refractivity contribution in [2.75, 3.05) is 52.4 Å². The van der Waals surface area contributed by atoms with Gasteiger partial charge in [-0.25, -0.2) is 0 Å². The second-order valence-electron chi connectivity index (χ2n) is 8.20. The molecule has 0 aromatic heterocycles. The first kappa shape index (κ1) is 31.6. The van der Waals surface area contributed by atoms with Crippen LogP contribution in [0, 0.1) is 0 Å². The molecule has 0 aromatic carbocycles. The second-order valence-corrected chi connectivity index (χ2v) is 8.20. The Morgan fingerprint density at radius 1 is 0.455 bits per heavy atom. The van der Waals surface area contributed by atoms with E-state index in [-0.39, 0.29) is 78.6 Å². The summed E-state index contributed by atoms with van der Waals surface area (Å²) < 4.78 is 0. The van der Waals surface area contributed by atoms with Crippen molar-refractivity contribution in [1.82, 2.24) is 19.6 Å². The van der Waals surface area contributed by atoms with E-state index in [0.717, 1.165) is 0 Å². The summed E-state index contributed by atoms with van der Waals surface area (Å²) in [5.74, 6) is -4.08. The van der Waals surface area contributed by atoms with Gasteiger partial charge >= 0.3 is 50.1 Å². The number of rotatable bonds is 8. The average Bonchev–Trinajstić information content (AvgIpc) is 2.72. The molecular weight excluding hydrogens is 515 g/mol. The van der Waals surface area contributed by atoms with E-state index in [1.54, 1.807) is 47.3 Å². The first-order valence-electron chi connectivity index (χ1n) is 10.7. The summed E-state index contributed by atoms with van der Waals surface area (Å²) in [7, 11) is 0. The van der Waals surface area contributed by atoms with Crippen molar-refractivity contribution in [3.63, 3.8) is 0 Å². The predicted molar refractivity (Wildman–Crippen MR) is 115 cm³/mol. The normalized spacial score (nSPS) is 21.9. The van der Waals surface area contributed by atoms with Gasteiger partial charge in [-0.3, -0.25) is 38.8 Å². The molecule has 1 aliphatic rings. The van der Waals surface area contributed by atoms with Crippen LogP contribution in [0.2, 0.25) is 0 Å². The minimum Gasteiger partial charge on any atom is -0.480 e. The van der Waals surface area contributed by atoms with Crippen LogP contribution in [-0.4, -0.2) is 140 Å². The monoisotopic (exact) mass is 550 g/mol. The van der Waals surface area contributed by atoms with Crippen LogP contribution in [0.4, 0.5) is 0 Å². The van der Waals surface area contributed by atoms with Crippen LogP contribution in [0.5, 0.6) is 0 Å². The minimum absolute atomic E-state index is 0. The van der Waals surface area contributed by atoms with Gasteiger partial charge < -0.3 is 20.4 Å². The van der Waals surface area contributed by atoms with Crippen LogP contribution in [0.1, 0.15) is 27.7 Å². The maximum Gasteiger partial charge on any atom is 4.00 e. The van der Waals surface area contributed by atoms with Crippen molar-refractivity contribution >= 4 is 23.9 Å². The summed E-state index contributed by atoms with van der Waals surface area (Å²) in [5, 5.41) is 37.9. The molecule has 13 heteroatoms. The number of hydrogen-bond acceptors (Lipinski definition) is 8. The molecule has 184 valence electrons. The molecule has 0 bridgehead atoms. The van der Waals surface area contributed by atoms with E-state index in [0.29, 0.717) is 0 Å². The maximum absolute atomic E-state index is 11.6. The zero-order valence-corrected chi connectivity index (χ0v) is 22.1. The van der Waals surface area contributed by atoms with E-state index in [4.69, 9.17) is 0 Å². The van der Waals surface area contributed by atoms with Gasteiger partial charge in [0.05, 0.1) is 0 Å². The first-order valence-corrected chi connectivity index (χ1v) is 10.7. The summed E-state index contributed by atoms with van der Waals surface area (Å²) in [6, 6.07) is -3.31.